The van der Waals surface area contributed by atoms with Crippen molar-refractivity contribution in [2.45, 2.75) is 33.7 Å². The van der Waals surface area contributed by atoms with Crippen molar-refractivity contribution in [3.8, 4) is 0 Å². The molecule has 8 nitrogen and oxygen atoms in total. The summed E-state index contributed by atoms with van der Waals surface area (Å²) < 4.78 is 25.1. The van der Waals surface area contributed by atoms with Crippen molar-refractivity contribution < 1.29 is 18.1 Å². The van der Waals surface area contributed by atoms with Crippen LogP contribution in [0, 0.1) is 23.0 Å². The lowest BCUT2D eigenvalue weighted by Gasteiger charge is -2.25. The lowest BCUT2D eigenvalue weighted by molar-refractivity contribution is -0.385. The topological polar surface area (TPSA) is 110 Å². The van der Waals surface area contributed by atoms with Gasteiger partial charge in [-0.05, 0) is 25.8 Å². The number of nitrogens with one attached hydrogen (secondary N) is 1. The molecule has 1 aromatic rings. The molecule has 24 heavy (non-hydrogen) atoms. The predicted octanol–water partition coefficient (Wildman–Crippen LogP) is 1.83. The molecule has 0 aromatic heterocycles. The van der Waals surface area contributed by atoms with Crippen molar-refractivity contribution in [1.82, 2.24) is 5.32 Å². The molecule has 0 heterocycles. The molecule has 9 heteroatoms. The molecule has 0 aliphatic carbocycles. The Bertz CT molecular complexity index is 731. The second kappa shape index (κ2) is 7.61. The minimum atomic E-state index is -3.78. The zero-order chi connectivity index (χ0) is 18.7. The van der Waals surface area contributed by atoms with E-state index >= 15 is 0 Å². The highest BCUT2D eigenvalue weighted by Crippen LogP contribution is 2.29. The summed E-state index contributed by atoms with van der Waals surface area (Å²) in [6.07, 6.45) is 0.963. The number of benzene rings is 1. The van der Waals surface area contributed by atoms with E-state index in [0.29, 0.717) is 0 Å². The van der Waals surface area contributed by atoms with Gasteiger partial charge in [0.15, 0.2) is 0 Å². The molecule has 0 spiro atoms. The van der Waals surface area contributed by atoms with Gasteiger partial charge in [0.25, 0.3) is 5.69 Å². The number of nitro groups is 1. The van der Waals surface area contributed by atoms with E-state index in [0.717, 1.165) is 10.6 Å². The molecule has 134 valence electrons. The van der Waals surface area contributed by atoms with Crippen LogP contribution in [0.5, 0.6) is 0 Å². The smallest absolute Gasteiger partial charge is 0.274 e. The Labute approximate surface area is 142 Å². The van der Waals surface area contributed by atoms with E-state index < -0.39 is 27.4 Å². The average Bonchev–Trinajstić information content (AvgIpc) is 2.43. The zero-order valence-electron chi connectivity index (χ0n) is 14.4. The Morgan fingerprint density at radius 3 is 2.38 bits per heavy atom. The number of carbonyl (C=O) groups is 1. The van der Waals surface area contributed by atoms with Crippen LogP contribution in [-0.2, 0) is 14.8 Å². The summed E-state index contributed by atoms with van der Waals surface area (Å²) in [5.41, 5.74) is 0.119. The van der Waals surface area contributed by atoms with E-state index in [9.17, 15) is 23.3 Å². The van der Waals surface area contributed by atoms with Crippen molar-refractivity contribution in [2.75, 3.05) is 17.1 Å². The second-order valence-corrected chi connectivity index (χ2v) is 7.96. The van der Waals surface area contributed by atoms with Crippen molar-refractivity contribution in [3.05, 3.63) is 33.9 Å². The number of anilines is 1. The number of amides is 1. The van der Waals surface area contributed by atoms with Crippen molar-refractivity contribution in [1.29, 1.82) is 0 Å². The lowest BCUT2D eigenvalue weighted by atomic mass is 10.1. The third-order valence-electron chi connectivity index (χ3n) is 3.82. The normalized spacial score (nSPS) is 12.8. The molecule has 0 aliphatic heterocycles. The minimum Gasteiger partial charge on any atom is -0.352 e. The maximum Gasteiger partial charge on any atom is 0.274 e. The van der Waals surface area contributed by atoms with Crippen LogP contribution in [-0.4, -0.2) is 38.1 Å². The fraction of sp³-hybridized carbons (Fsp3) is 0.533. The number of nitro benzene ring substituents is 1. The third kappa shape index (κ3) is 4.92. The highest BCUT2D eigenvalue weighted by atomic mass is 32.2. The van der Waals surface area contributed by atoms with E-state index in [4.69, 9.17) is 0 Å². The molecule has 1 atom stereocenters. The van der Waals surface area contributed by atoms with Crippen LogP contribution < -0.4 is 9.62 Å². The third-order valence-corrected chi connectivity index (χ3v) is 4.94. The molecule has 0 radical (unpaired) electrons. The van der Waals surface area contributed by atoms with Gasteiger partial charge in [0.2, 0.25) is 15.9 Å². The van der Waals surface area contributed by atoms with Gasteiger partial charge in [0, 0.05) is 12.1 Å². The molecule has 1 rings (SSSR count). The molecule has 0 bridgehead atoms. The summed E-state index contributed by atoms with van der Waals surface area (Å²) in [6, 6.07) is 4.01. The highest BCUT2D eigenvalue weighted by Gasteiger charge is 2.26. The van der Waals surface area contributed by atoms with Crippen LogP contribution in [0.1, 0.15) is 26.3 Å². The standard InChI is InChI=1S/C15H23N3O5S/c1-10(2)12(4)16-15(19)9-17(24(5,22)23)13-7-6-8-14(11(13)3)18(20)21/h6-8,10,12H,9H2,1-5H3,(H,16,19)/t12-/m1/s1. The molecule has 0 saturated heterocycles. The molecular weight excluding hydrogens is 334 g/mol. The number of nitrogens with zero attached hydrogens (tertiary/aromatic N) is 2. The van der Waals surface area contributed by atoms with Crippen LogP contribution in [0.15, 0.2) is 18.2 Å². The summed E-state index contributed by atoms with van der Waals surface area (Å²) in [7, 11) is -3.78. The fourth-order valence-electron chi connectivity index (χ4n) is 2.06. The first kappa shape index (κ1) is 19.9. The molecule has 0 aliphatic rings. The van der Waals surface area contributed by atoms with E-state index in [1.807, 2.05) is 20.8 Å². The van der Waals surface area contributed by atoms with Gasteiger partial charge in [-0.1, -0.05) is 19.9 Å². The maximum atomic E-state index is 12.2. The number of sulfonamides is 1. The molecule has 0 unspecified atom stereocenters. The Kier molecular flexibility index (Phi) is 6.30. The van der Waals surface area contributed by atoms with Crippen molar-refractivity contribution >= 4 is 27.3 Å². The van der Waals surface area contributed by atoms with Crippen LogP contribution in [0.2, 0.25) is 0 Å². The van der Waals surface area contributed by atoms with Crippen LogP contribution in [0.4, 0.5) is 11.4 Å². The Balaban J connectivity index is 3.20. The van der Waals surface area contributed by atoms with Gasteiger partial charge in [0.1, 0.15) is 6.54 Å². The van der Waals surface area contributed by atoms with Gasteiger partial charge in [0.05, 0.1) is 22.4 Å². The number of hydrogen-bond acceptors (Lipinski definition) is 5. The van der Waals surface area contributed by atoms with Crippen molar-refractivity contribution in [3.63, 3.8) is 0 Å². The van der Waals surface area contributed by atoms with E-state index in [1.54, 1.807) is 0 Å². The number of carbonyl (C=O) groups excluding carboxylic acids is 1. The molecular formula is C15H23N3O5S. The van der Waals surface area contributed by atoms with Crippen LogP contribution in [0.25, 0.3) is 0 Å². The van der Waals surface area contributed by atoms with Crippen LogP contribution in [0.3, 0.4) is 0 Å². The van der Waals surface area contributed by atoms with E-state index in [2.05, 4.69) is 5.32 Å². The van der Waals surface area contributed by atoms with E-state index in [1.165, 1.54) is 25.1 Å². The van der Waals surface area contributed by atoms with Gasteiger partial charge in [-0.25, -0.2) is 8.42 Å². The Morgan fingerprint density at radius 1 is 1.33 bits per heavy atom. The van der Waals surface area contributed by atoms with Gasteiger partial charge in [-0.3, -0.25) is 19.2 Å². The Morgan fingerprint density at radius 2 is 1.92 bits per heavy atom. The molecule has 1 amide bonds. The molecule has 0 saturated carbocycles. The number of rotatable bonds is 7. The SMILES string of the molecule is Cc1c(N(CC(=O)N[C@H](C)C(C)C)S(C)(=O)=O)cccc1[N+](=O)[O-]. The maximum absolute atomic E-state index is 12.2. The fourth-order valence-corrected chi connectivity index (χ4v) is 2.96. The number of hydrogen-bond donors (Lipinski definition) is 1. The lowest BCUT2D eigenvalue weighted by Crippen LogP contribution is -2.44. The largest absolute Gasteiger partial charge is 0.352 e. The predicted molar refractivity (Wildman–Crippen MR) is 92.5 cm³/mol. The Hall–Kier alpha value is -2.16. The van der Waals surface area contributed by atoms with Gasteiger partial charge < -0.3 is 5.32 Å². The summed E-state index contributed by atoms with van der Waals surface area (Å²) in [5.74, 6) is -0.271. The van der Waals surface area contributed by atoms with E-state index in [-0.39, 0.29) is 28.9 Å². The monoisotopic (exact) mass is 357 g/mol. The molecule has 1 N–H and O–H groups in total. The van der Waals surface area contributed by atoms with Gasteiger partial charge in [-0.15, -0.1) is 0 Å². The average molecular weight is 357 g/mol. The minimum absolute atomic E-state index is 0.120. The quantitative estimate of drug-likeness (QED) is 0.591. The van der Waals surface area contributed by atoms with Crippen LogP contribution >= 0.6 is 0 Å². The summed E-state index contributed by atoms with van der Waals surface area (Å²) in [4.78, 5) is 22.6. The first-order valence-electron chi connectivity index (χ1n) is 7.46. The molecule has 1 aromatic carbocycles. The summed E-state index contributed by atoms with van der Waals surface area (Å²) in [5, 5.41) is 13.8. The summed E-state index contributed by atoms with van der Waals surface area (Å²) in [6.45, 7) is 6.72. The van der Waals surface area contributed by atoms with Gasteiger partial charge >= 0.3 is 0 Å². The first-order chi connectivity index (χ1) is 10.9. The highest BCUT2D eigenvalue weighted by molar-refractivity contribution is 7.92. The summed E-state index contributed by atoms with van der Waals surface area (Å²) >= 11 is 0. The van der Waals surface area contributed by atoms with Crippen molar-refractivity contribution in [2.24, 2.45) is 5.92 Å². The second-order valence-electron chi connectivity index (χ2n) is 6.05. The van der Waals surface area contributed by atoms with Gasteiger partial charge in [-0.2, -0.15) is 0 Å². The molecule has 0 fully saturated rings. The zero-order valence-corrected chi connectivity index (χ0v) is 15.3. The first-order valence-corrected chi connectivity index (χ1v) is 9.31.